The second-order valence-corrected chi connectivity index (χ2v) is 23.6. The Kier molecular flexibility index (Phi) is 65.2. The van der Waals surface area contributed by atoms with Crippen molar-refractivity contribution < 1.29 is 15.0 Å². The van der Waals surface area contributed by atoms with Crippen LogP contribution in [0.5, 0.6) is 0 Å². The third-order valence-corrected chi connectivity index (χ3v) is 16.0. The molecule has 442 valence electrons. The van der Waals surface area contributed by atoms with Gasteiger partial charge in [0.25, 0.3) is 0 Å². The molecule has 0 aliphatic carbocycles. The normalized spacial score (nSPS) is 13.0. The number of unbranched alkanes of at least 4 members (excludes halogenated alkanes) is 51. The number of carbonyl (C=O) groups is 1. The van der Waals surface area contributed by atoms with E-state index in [1.54, 1.807) is 6.08 Å². The van der Waals surface area contributed by atoms with Crippen LogP contribution in [0.3, 0.4) is 0 Å². The summed E-state index contributed by atoms with van der Waals surface area (Å²) in [5.41, 5.74) is 0. The molecule has 0 heterocycles. The van der Waals surface area contributed by atoms with Crippen molar-refractivity contribution in [3.05, 3.63) is 48.6 Å². The number of allylic oxidation sites excluding steroid dienone is 7. The molecule has 0 aliphatic heterocycles. The number of rotatable bonds is 64. The number of aliphatic hydroxyl groups excluding tert-OH is 2. The van der Waals surface area contributed by atoms with Crippen LogP contribution in [-0.4, -0.2) is 34.9 Å². The number of amides is 1. The van der Waals surface area contributed by atoms with Crippen LogP contribution in [-0.2, 0) is 4.79 Å². The molecule has 2 atom stereocenters. The first-order valence-electron chi connectivity index (χ1n) is 34.4. The van der Waals surface area contributed by atoms with Gasteiger partial charge in [-0.25, -0.2) is 0 Å². The summed E-state index contributed by atoms with van der Waals surface area (Å²) in [6, 6.07) is -0.640. The van der Waals surface area contributed by atoms with Gasteiger partial charge in [0.2, 0.25) is 5.91 Å². The van der Waals surface area contributed by atoms with E-state index in [-0.39, 0.29) is 12.5 Å². The van der Waals surface area contributed by atoms with E-state index in [9.17, 15) is 15.0 Å². The zero-order chi connectivity index (χ0) is 54.1. The highest BCUT2D eigenvalue weighted by molar-refractivity contribution is 5.76. The van der Waals surface area contributed by atoms with Crippen molar-refractivity contribution in [2.45, 2.75) is 392 Å². The van der Waals surface area contributed by atoms with Gasteiger partial charge in [-0.2, -0.15) is 0 Å². The lowest BCUT2D eigenvalue weighted by atomic mass is 10.0. The molecule has 0 saturated carbocycles. The number of hydrogen-bond acceptors (Lipinski definition) is 3. The van der Waals surface area contributed by atoms with E-state index in [0.717, 1.165) is 38.5 Å². The van der Waals surface area contributed by atoms with Crippen molar-refractivity contribution >= 4 is 5.91 Å². The minimum absolute atomic E-state index is 0.0664. The fourth-order valence-corrected chi connectivity index (χ4v) is 10.8. The van der Waals surface area contributed by atoms with Crippen molar-refractivity contribution in [1.29, 1.82) is 0 Å². The molecule has 0 aliphatic rings. The standard InChI is InChI=1S/C71H135NO3/c1-3-5-7-9-11-13-15-17-19-21-23-25-27-29-31-33-34-35-36-37-38-39-41-43-45-47-49-51-53-55-57-59-61-63-65-67-71(75)72-69(68-73)70(74)66-64-62-60-58-56-54-52-50-48-46-44-42-40-32-30-28-26-24-22-20-18-16-14-12-10-8-6-4-2/h15,17,21,23,56,58,64,66,69-70,73-74H,3-14,16,18-20,22,24-55,57,59-63,65,67-68H2,1-2H3,(H,72,75)/b17-15-,23-21-,58-56+,66-64+. The average Bonchev–Trinajstić information content (AvgIpc) is 3.41. The Bertz CT molecular complexity index is 1190. The summed E-state index contributed by atoms with van der Waals surface area (Å²) in [4.78, 5) is 12.5. The fraction of sp³-hybridized carbons (Fsp3) is 0.873. The molecule has 0 radical (unpaired) electrons. The molecule has 4 nitrogen and oxygen atoms in total. The van der Waals surface area contributed by atoms with E-state index >= 15 is 0 Å². The number of nitrogens with one attached hydrogen (secondary N) is 1. The van der Waals surface area contributed by atoms with E-state index < -0.39 is 12.1 Å². The van der Waals surface area contributed by atoms with Crippen molar-refractivity contribution in [2.24, 2.45) is 0 Å². The summed E-state index contributed by atoms with van der Waals surface area (Å²) in [6.45, 7) is 4.33. The van der Waals surface area contributed by atoms with Gasteiger partial charge in [-0.05, 0) is 64.2 Å². The number of carbonyl (C=O) groups excluding carboxylic acids is 1. The van der Waals surface area contributed by atoms with Crippen LogP contribution < -0.4 is 5.32 Å². The van der Waals surface area contributed by atoms with Gasteiger partial charge in [-0.15, -0.1) is 0 Å². The van der Waals surface area contributed by atoms with Crippen molar-refractivity contribution in [3.8, 4) is 0 Å². The van der Waals surface area contributed by atoms with Gasteiger partial charge < -0.3 is 15.5 Å². The van der Waals surface area contributed by atoms with Crippen molar-refractivity contribution in [2.75, 3.05) is 6.61 Å². The van der Waals surface area contributed by atoms with Crippen molar-refractivity contribution in [3.63, 3.8) is 0 Å². The van der Waals surface area contributed by atoms with Crippen LogP contribution in [0.4, 0.5) is 0 Å². The first kappa shape index (κ1) is 73.3. The van der Waals surface area contributed by atoms with Gasteiger partial charge in [0.1, 0.15) is 0 Å². The zero-order valence-corrected chi connectivity index (χ0v) is 51.1. The van der Waals surface area contributed by atoms with E-state index in [1.165, 1.54) is 321 Å². The predicted molar refractivity (Wildman–Crippen MR) is 336 cm³/mol. The fourth-order valence-electron chi connectivity index (χ4n) is 10.8. The maximum atomic E-state index is 12.5. The lowest BCUT2D eigenvalue weighted by molar-refractivity contribution is -0.123. The molecule has 2 unspecified atom stereocenters. The van der Waals surface area contributed by atoms with Gasteiger partial charge in [-0.1, -0.05) is 358 Å². The molecular formula is C71H135NO3. The molecule has 0 aromatic rings. The number of hydrogen-bond donors (Lipinski definition) is 3. The van der Waals surface area contributed by atoms with Crippen LogP contribution in [0.25, 0.3) is 0 Å². The topological polar surface area (TPSA) is 69.6 Å². The Hall–Kier alpha value is -1.65. The highest BCUT2D eigenvalue weighted by Crippen LogP contribution is 2.19. The van der Waals surface area contributed by atoms with Crippen LogP contribution >= 0.6 is 0 Å². The summed E-state index contributed by atoms with van der Waals surface area (Å²) in [7, 11) is 0. The molecule has 0 rings (SSSR count). The SMILES string of the molecule is CCCCCCC/C=C\C/C=C\CCCCCCCCCCCCCCCCCCCCCCCCCC(=O)NC(CO)C(O)/C=C/CC/C=C/CCCCCCCCCCCCCCCCCCCCCCCC. The molecular weight excluding hydrogens is 915 g/mol. The van der Waals surface area contributed by atoms with Crippen LogP contribution in [0.2, 0.25) is 0 Å². The minimum Gasteiger partial charge on any atom is -0.394 e. The number of aliphatic hydroxyl groups is 2. The lowest BCUT2D eigenvalue weighted by Crippen LogP contribution is -2.45. The lowest BCUT2D eigenvalue weighted by Gasteiger charge is -2.19. The maximum Gasteiger partial charge on any atom is 0.220 e. The van der Waals surface area contributed by atoms with Gasteiger partial charge in [0.15, 0.2) is 0 Å². The molecule has 0 aromatic heterocycles. The average molecular weight is 1050 g/mol. The molecule has 0 spiro atoms. The molecule has 3 N–H and O–H groups in total. The predicted octanol–water partition coefficient (Wildman–Crippen LogP) is 23.3. The minimum atomic E-state index is -0.863. The molecule has 0 bridgehead atoms. The first-order valence-corrected chi connectivity index (χ1v) is 34.4. The Labute approximate surface area is 471 Å². The Morgan fingerprint density at radius 3 is 0.853 bits per heavy atom. The summed E-state index contributed by atoms with van der Waals surface area (Å²) in [5.74, 6) is -0.0664. The Morgan fingerprint density at radius 1 is 0.320 bits per heavy atom. The van der Waals surface area contributed by atoms with Gasteiger partial charge in [0.05, 0.1) is 18.8 Å². The third-order valence-electron chi connectivity index (χ3n) is 16.0. The second kappa shape index (κ2) is 66.6. The quantitative estimate of drug-likeness (QED) is 0.0420. The third kappa shape index (κ3) is 63.1. The van der Waals surface area contributed by atoms with Crippen LogP contribution in [0.1, 0.15) is 380 Å². The molecule has 1 amide bonds. The summed E-state index contributed by atoms with van der Waals surface area (Å²) >= 11 is 0. The van der Waals surface area contributed by atoms with Gasteiger partial charge in [-0.3, -0.25) is 4.79 Å². The second-order valence-electron chi connectivity index (χ2n) is 23.6. The highest BCUT2D eigenvalue weighted by atomic mass is 16.3. The smallest absolute Gasteiger partial charge is 0.220 e. The van der Waals surface area contributed by atoms with E-state index in [0.29, 0.717) is 6.42 Å². The van der Waals surface area contributed by atoms with Crippen LogP contribution in [0.15, 0.2) is 48.6 Å². The molecule has 0 aromatic carbocycles. The van der Waals surface area contributed by atoms with E-state index in [1.807, 2.05) is 6.08 Å². The largest absolute Gasteiger partial charge is 0.394 e. The van der Waals surface area contributed by atoms with E-state index in [2.05, 4.69) is 55.6 Å². The monoisotopic (exact) mass is 1050 g/mol. The summed E-state index contributed by atoms with van der Waals surface area (Å²) in [6.07, 6.45) is 93.4. The van der Waals surface area contributed by atoms with Gasteiger partial charge >= 0.3 is 0 Å². The summed E-state index contributed by atoms with van der Waals surface area (Å²) < 4.78 is 0. The first-order chi connectivity index (χ1) is 37.2. The molecule has 75 heavy (non-hydrogen) atoms. The Morgan fingerprint density at radius 2 is 0.560 bits per heavy atom. The molecule has 4 heteroatoms. The highest BCUT2D eigenvalue weighted by Gasteiger charge is 2.18. The van der Waals surface area contributed by atoms with Gasteiger partial charge in [0, 0.05) is 6.42 Å². The Balaban J connectivity index is 3.45. The summed E-state index contributed by atoms with van der Waals surface area (Å²) in [5, 5.41) is 23.3. The molecule has 0 fully saturated rings. The zero-order valence-electron chi connectivity index (χ0n) is 51.1. The maximum absolute atomic E-state index is 12.5. The van der Waals surface area contributed by atoms with Crippen molar-refractivity contribution in [1.82, 2.24) is 5.32 Å². The van der Waals surface area contributed by atoms with E-state index in [4.69, 9.17) is 0 Å². The van der Waals surface area contributed by atoms with Crippen LogP contribution in [0, 0.1) is 0 Å². The molecule has 0 saturated heterocycles.